The van der Waals surface area contributed by atoms with Gasteiger partial charge < -0.3 is 10.1 Å². The van der Waals surface area contributed by atoms with E-state index in [0.717, 1.165) is 12.8 Å². The summed E-state index contributed by atoms with van der Waals surface area (Å²) in [4.78, 5) is 22.5. The maximum Gasteiger partial charge on any atom is 0.328 e. The molecule has 14 heavy (non-hydrogen) atoms. The SMILES string of the molecule is COC(=O)C(C)NC(=O)C1CC=CC1. The summed E-state index contributed by atoms with van der Waals surface area (Å²) in [6, 6.07) is -0.562. The Hall–Kier alpha value is -1.32. The van der Waals surface area contributed by atoms with Gasteiger partial charge in [-0.2, -0.15) is 0 Å². The molecule has 4 heteroatoms. The van der Waals surface area contributed by atoms with Crippen LogP contribution in [0.3, 0.4) is 0 Å². The fourth-order valence-corrected chi connectivity index (χ4v) is 1.40. The first-order chi connectivity index (χ1) is 6.65. The van der Waals surface area contributed by atoms with Crippen molar-refractivity contribution in [3.8, 4) is 0 Å². The largest absolute Gasteiger partial charge is 0.467 e. The lowest BCUT2D eigenvalue weighted by atomic mass is 10.1. The van der Waals surface area contributed by atoms with Gasteiger partial charge in [-0.1, -0.05) is 12.2 Å². The molecule has 1 aliphatic rings. The molecule has 1 N–H and O–H groups in total. The Bertz CT molecular complexity index is 252. The number of carbonyl (C=O) groups excluding carboxylic acids is 2. The number of methoxy groups -OCH3 is 1. The second-order valence-corrected chi connectivity index (χ2v) is 3.39. The summed E-state index contributed by atoms with van der Waals surface area (Å²) < 4.78 is 4.51. The van der Waals surface area contributed by atoms with E-state index in [9.17, 15) is 9.59 Å². The Kier molecular flexibility index (Phi) is 3.68. The van der Waals surface area contributed by atoms with Gasteiger partial charge in [0.05, 0.1) is 7.11 Å². The van der Waals surface area contributed by atoms with Crippen LogP contribution in [0.25, 0.3) is 0 Å². The van der Waals surface area contributed by atoms with E-state index in [0.29, 0.717) is 0 Å². The molecule has 0 aliphatic heterocycles. The van der Waals surface area contributed by atoms with Crippen LogP contribution in [-0.2, 0) is 14.3 Å². The van der Waals surface area contributed by atoms with Crippen molar-refractivity contribution in [2.45, 2.75) is 25.8 Å². The van der Waals surface area contributed by atoms with Gasteiger partial charge in [0.2, 0.25) is 5.91 Å². The van der Waals surface area contributed by atoms with Crippen LogP contribution in [-0.4, -0.2) is 25.0 Å². The average molecular weight is 197 g/mol. The second kappa shape index (κ2) is 4.79. The Morgan fingerprint density at radius 2 is 2.00 bits per heavy atom. The highest BCUT2D eigenvalue weighted by Crippen LogP contribution is 2.17. The molecule has 0 spiro atoms. The maximum atomic E-state index is 11.5. The first kappa shape index (κ1) is 10.8. The lowest BCUT2D eigenvalue weighted by Crippen LogP contribution is -2.41. The highest BCUT2D eigenvalue weighted by atomic mass is 16.5. The van der Waals surface area contributed by atoms with Crippen molar-refractivity contribution >= 4 is 11.9 Å². The molecule has 1 aliphatic carbocycles. The number of allylic oxidation sites excluding steroid dienone is 2. The van der Waals surface area contributed by atoms with Crippen LogP contribution in [0, 0.1) is 5.92 Å². The summed E-state index contributed by atoms with van der Waals surface area (Å²) in [5.74, 6) is -0.501. The number of nitrogens with one attached hydrogen (secondary N) is 1. The Morgan fingerprint density at radius 1 is 1.43 bits per heavy atom. The molecule has 4 nitrogen and oxygen atoms in total. The Morgan fingerprint density at radius 3 is 2.50 bits per heavy atom. The minimum absolute atomic E-state index is 0.0119. The predicted molar refractivity (Wildman–Crippen MR) is 51.5 cm³/mol. The summed E-state index contributed by atoms with van der Waals surface area (Å²) in [6.45, 7) is 1.62. The van der Waals surface area contributed by atoms with Gasteiger partial charge in [-0.3, -0.25) is 4.79 Å². The first-order valence-corrected chi connectivity index (χ1v) is 4.68. The van der Waals surface area contributed by atoms with E-state index >= 15 is 0 Å². The number of hydrogen-bond donors (Lipinski definition) is 1. The smallest absolute Gasteiger partial charge is 0.328 e. The Labute approximate surface area is 83.3 Å². The van der Waals surface area contributed by atoms with Crippen LogP contribution in [0.15, 0.2) is 12.2 Å². The van der Waals surface area contributed by atoms with Crippen molar-refractivity contribution in [2.24, 2.45) is 5.92 Å². The van der Waals surface area contributed by atoms with Crippen molar-refractivity contribution in [1.82, 2.24) is 5.32 Å². The van der Waals surface area contributed by atoms with Gasteiger partial charge in [-0.05, 0) is 19.8 Å². The molecule has 1 unspecified atom stereocenters. The van der Waals surface area contributed by atoms with Crippen molar-refractivity contribution in [3.05, 3.63) is 12.2 Å². The molecule has 1 rings (SSSR count). The van der Waals surface area contributed by atoms with Gasteiger partial charge in [0.15, 0.2) is 0 Å². The van der Waals surface area contributed by atoms with E-state index < -0.39 is 12.0 Å². The monoisotopic (exact) mass is 197 g/mol. The van der Waals surface area contributed by atoms with Crippen LogP contribution in [0.4, 0.5) is 0 Å². The lowest BCUT2D eigenvalue weighted by Gasteiger charge is -2.14. The van der Waals surface area contributed by atoms with Crippen LogP contribution in [0.2, 0.25) is 0 Å². The molecule has 0 bridgehead atoms. The third-order valence-electron chi connectivity index (χ3n) is 2.29. The highest BCUT2D eigenvalue weighted by Gasteiger charge is 2.23. The molecule has 0 saturated heterocycles. The number of rotatable bonds is 3. The van der Waals surface area contributed by atoms with E-state index in [1.807, 2.05) is 12.2 Å². The zero-order valence-corrected chi connectivity index (χ0v) is 8.45. The van der Waals surface area contributed by atoms with E-state index in [4.69, 9.17) is 0 Å². The fourth-order valence-electron chi connectivity index (χ4n) is 1.40. The zero-order valence-electron chi connectivity index (χ0n) is 8.45. The fraction of sp³-hybridized carbons (Fsp3) is 0.600. The van der Waals surface area contributed by atoms with Gasteiger partial charge >= 0.3 is 5.97 Å². The molecule has 0 aromatic heterocycles. The van der Waals surface area contributed by atoms with Crippen molar-refractivity contribution in [1.29, 1.82) is 0 Å². The molecule has 1 atom stereocenters. The van der Waals surface area contributed by atoms with Crippen LogP contribution in [0.5, 0.6) is 0 Å². The lowest BCUT2D eigenvalue weighted by molar-refractivity contribution is -0.145. The number of carbonyl (C=O) groups is 2. The number of amides is 1. The maximum absolute atomic E-state index is 11.5. The summed E-state index contributed by atoms with van der Waals surface area (Å²) in [7, 11) is 1.31. The minimum Gasteiger partial charge on any atom is -0.467 e. The average Bonchev–Trinajstić information content (AvgIpc) is 2.69. The third-order valence-corrected chi connectivity index (χ3v) is 2.29. The Balaban J connectivity index is 2.36. The molecule has 0 heterocycles. The molecule has 0 fully saturated rings. The normalized spacial score (nSPS) is 17.9. The summed E-state index contributed by atoms with van der Waals surface area (Å²) in [6.07, 6.45) is 5.49. The van der Waals surface area contributed by atoms with Gasteiger partial charge in [-0.15, -0.1) is 0 Å². The van der Waals surface area contributed by atoms with Gasteiger partial charge in [-0.25, -0.2) is 4.79 Å². The van der Waals surface area contributed by atoms with Gasteiger partial charge in [0.25, 0.3) is 0 Å². The molecule has 0 aromatic carbocycles. The van der Waals surface area contributed by atoms with Crippen molar-refractivity contribution < 1.29 is 14.3 Å². The highest BCUT2D eigenvalue weighted by molar-refractivity contribution is 5.85. The number of hydrogen-bond acceptors (Lipinski definition) is 3. The minimum atomic E-state index is -0.562. The van der Waals surface area contributed by atoms with Crippen molar-refractivity contribution in [2.75, 3.05) is 7.11 Å². The second-order valence-electron chi connectivity index (χ2n) is 3.39. The van der Waals surface area contributed by atoms with E-state index in [2.05, 4.69) is 10.1 Å². The zero-order chi connectivity index (χ0) is 10.6. The molecular weight excluding hydrogens is 182 g/mol. The molecular formula is C10H15NO3. The van der Waals surface area contributed by atoms with Gasteiger partial charge in [0, 0.05) is 5.92 Å². The van der Waals surface area contributed by atoms with E-state index in [1.54, 1.807) is 6.92 Å². The van der Waals surface area contributed by atoms with Gasteiger partial charge in [0.1, 0.15) is 6.04 Å². The molecule has 0 radical (unpaired) electrons. The third kappa shape index (κ3) is 2.58. The topological polar surface area (TPSA) is 55.4 Å². The van der Waals surface area contributed by atoms with Crippen molar-refractivity contribution in [3.63, 3.8) is 0 Å². The number of esters is 1. The predicted octanol–water partition coefficient (Wildman–Crippen LogP) is 0.630. The summed E-state index contributed by atoms with van der Waals surface area (Å²) in [5, 5.41) is 2.62. The van der Waals surface area contributed by atoms with E-state index in [1.165, 1.54) is 7.11 Å². The standard InChI is InChI=1S/C10H15NO3/c1-7(10(13)14-2)11-9(12)8-5-3-4-6-8/h3-4,7-8H,5-6H2,1-2H3,(H,11,12). The number of ether oxygens (including phenoxy) is 1. The molecule has 78 valence electrons. The molecule has 0 saturated carbocycles. The molecule has 0 aromatic rings. The molecule has 1 amide bonds. The quantitative estimate of drug-likeness (QED) is 0.533. The van der Waals surface area contributed by atoms with E-state index in [-0.39, 0.29) is 11.8 Å². The first-order valence-electron chi connectivity index (χ1n) is 4.68. The summed E-state index contributed by atoms with van der Waals surface area (Å²) in [5.41, 5.74) is 0. The van der Waals surface area contributed by atoms with Crippen LogP contribution >= 0.6 is 0 Å². The van der Waals surface area contributed by atoms with Crippen LogP contribution < -0.4 is 5.32 Å². The van der Waals surface area contributed by atoms with Crippen LogP contribution in [0.1, 0.15) is 19.8 Å². The summed E-state index contributed by atoms with van der Waals surface area (Å²) >= 11 is 0.